The van der Waals surface area contributed by atoms with Crippen molar-refractivity contribution >= 4 is 12.4 Å². The zero-order valence-corrected chi connectivity index (χ0v) is 16.8. The lowest BCUT2D eigenvalue weighted by atomic mass is 9.93. The molecule has 2 rings (SSSR count). The highest BCUT2D eigenvalue weighted by Crippen LogP contribution is 2.37. The highest BCUT2D eigenvalue weighted by atomic mass is 35.5. The van der Waals surface area contributed by atoms with Gasteiger partial charge in [0.25, 0.3) is 0 Å². The van der Waals surface area contributed by atoms with Gasteiger partial charge in [-0.15, -0.1) is 12.4 Å². The minimum absolute atomic E-state index is 0. The smallest absolute Gasteiger partial charge is 0.419 e. The average Bonchev–Trinajstić information content (AvgIpc) is 2.70. The van der Waals surface area contributed by atoms with Gasteiger partial charge in [0.2, 0.25) is 0 Å². The fourth-order valence-corrected chi connectivity index (χ4v) is 2.78. The molecule has 4 nitrogen and oxygen atoms in total. The number of alkyl halides is 3. The topological polar surface area (TPSA) is 75.7 Å². The number of nitrogens with two attached hydrogens (primary N) is 1. The van der Waals surface area contributed by atoms with E-state index in [-0.39, 0.29) is 37.6 Å². The highest BCUT2D eigenvalue weighted by molar-refractivity contribution is 5.85. The van der Waals surface area contributed by atoms with Crippen molar-refractivity contribution in [1.82, 2.24) is 0 Å². The Balaban J connectivity index is 0.00000420. The minimum Gasteiger partial charge on any atom is -0.493 e. The number of halogens is 4. The van der Waals surface area contributed by atoms with Crippen LogP contribution in [0.15, 0.2) is 48.5 Å². The summed E-state index contributed by atoms with van der Waals surface area (Å²) in [5.41, 5.74) is 5.25. The predicted molar refractivity (Wildman–Crippen MR) is 108 cm³/mol. The van der Waals surface area contributed by atoms with Crippen LogP contribution in [-0.4, -0.2) is 35.6 Å². The van der Waals surface area contributed by atoms with Crippen LogP contribution >= 0.6 is 12.4 Å². The summed E-state index contributed by atoms with van der Waals surface area (Å²) in [5.74, 6) is -0.201. The van der Waals surface area contributed by atoms with Crippen molar-refractivity contribution in [2.24, 2.45) is 5.73 Å². The van der Waals surface area contributed by atoms with Crippen molar-refractivity contribution in [2.45, 2.75) is 37.4 Å². The van der Waals surface area contributed by atoms with E-state index in [1.165, 1.54) is 6.07 Å². The van der Waals surface area contributed by atoms with Gasteiger partial charge in [-0.1, -0.05) is 36.4 Å². The first-order valence-corrected chi connectivity index (χ1v) is 9.15. The first-order chi connectivity index (χ1) is 13.3. The Kier molecular flexibility index (Phi) is 9.92. The summed E-state index contributed by atoms with van der Waals surface area (Å²) in [5, 5.41) is 18.4. The van der Waals surface area contributed by atoms with Crippen LogP contribution in [0, 0.1) is 0 Å². The molecule has 0 heterocycles. The molecule has 0 fully saturated rings. The number of hydrogen-bond donors (Lipinski definition) is 3. The number of aliphatic hydroxyl groups excluding tert-OH is 2. The molecular formula is C21H27ClF3NO3. The number of hydrogen-bond acceptors (Lipinski definition) is 4. The fraction of sp³-hybridized carbons (Fsp3) is 0.429. The fourth-order valence-electron chi connectivity index (χ4n) is 2.78. The Morgan fingerprint density at radius 2 is 1.55 bits per heavy atom. The predicted octanol–water partition coefficient (Wildman–Crippen LogP) is 3.75. The van der Waals surface area contributed by atoms with E-state index in [0.717, 1.165) is 18.1 Å². The molecule has 8 heteroatoms. The molecule has 0 saturated heterocycles. The lowest BCUT2D eigenvalue weighted by molar-refractivity contribution is -0.139. The second kappa shape index (κ2) is 11.4. The highest BCUT2D eigenvalue weighted by Gasteiger charge is 2.35. The monoisotopic (exact) mass is 433 g/mol. The van der Waals surface area contributed by atoms with Gasteiger partial charge in [0.05, 0.1) is 30.9 Å². The molecule has 0 aliphatic rings. The third-order valence-corrected chi connectivity index (χ3v) is 4.60. The summed E-state index contributed by atoms with van der Waals surface area (Å²) in [4.78, 5) is 0. The Labute approximate surface area is 174 Å². The standard InChI is InChI=1S/C21H26F3NO3.ClH/c22-21(23,24)18-13-17(10-11-20(25,14-26)15-27)8-9-19(18)28-12-4-7-16-5-2-1-3-6-16;/h1-3,5-6,8-9,13,26-27H,4,7,10-12,14-15,25H2;1H. The molecule has 0 spiro atoms. The summed E-state index contributed by atoms with van der Waals surface area (Å²) in [6, 6.07) is 13.6. The Bertz CT molecular complexity index is 738. The van der Waals surface area contributed by atoms with Crippen LogP contribution in [0.2, 0.25) is 0 Å². The van der Waals surface area contributed by atoms with Crippen molar-refractivity contribution in [3.05, 3.63) is 65.2 Å². The molecule has 0 aliphatic carbocycles. The third-order valence-electron chi connectivity index (χ3n) is 4.60. The second-order valence-corrected chi connectivity index (χ2v) is 6.94. The molecule has 0 aromatic heterocycles. The van der Waals surface area contributed by atoms with Crippen LogP contribution in [0.3, 0.4) is 0 Å². The van der Waals surface area contributed by atoms with Crippen LogP contribution in [0.25, 0.3) is 0 Å². The summed E-state index contributed by atoms with van der Waals surface area (Å²) in [6.45, 7) is -0.714. The van der Waals surface area contributed by atoms with Gasteiger partial charge < -0.3 is 20.7 Å². The van der Waals surface area contributed by atoms with Gasteiger partial charge >= 0.3 is 6.18 Å². The first-order valence-electron chi connectivity index (χ1n) is 9.15. The van der Waals surface area contributed by atoms with E-state index in [1.807, 2.05) is 30.3 Å². The van der Waals surface area contributed by atoms with Gasteiger partial charge in [0, 0.05) is 0 Å². The number of benzene rings is 2. The maximum atomic E-state index is 13.4. The van der Waals surface area contributed by atoms with E-state index < -0.39 is 30.5 Å². The van der Waals surface area contributed by atoms with Crippen LogP contribution < -0.4 is 10.5 Å². The maximum absolute atomic E-state index is 13.4. The SMILES string of the molecule is Cl.NC(CO)(CO)CCc1ccc(OCCCc2ccccc2)c(C(F)(F)F)c1. The number of ether oxygens (including phenoxy) is 1. The zero-order valence-electron chi connectivity index (χ0n) is 16.0. The molecule has 0 amide bonds. The van der Waals surface area contributed by atoms with Crippen molar-refractivity contribution < 1.29 is 28.1 Å². The number of aryl methyl sites for hydroxylation is 2. The summed E-state index contributed by atoms with van der Waals surface area (Å²) in [6.07, 6.45) is -2.85. The van der Waals surface area contributed by atoms with Crippen LogP contribution in [-0.2, 0) is 19.0 Å². The molecule has 4 N–H and O–H groups in total. The van der Waals surface area contributed by atoms with E-state index in [0.29, 0.717) is 12.0 Å². The first kappa shape index (κ1) is 25.2. The lowest BCUT2D eigenvalue weighted by Gasteiger charge is -2.24. The van der Waals surface area contributed by atoms with Crippen LogP contribution in [0.5, 0.6) is 5.75 Å². The molecule has 2 aromatic rings. The molecular weight excluding hydrogens is 407 g/mol. The molecule has 0 radical (unpaired) electrons. The molecule has 162 valence electrons. The molecule has 0 unspecified atom stereocenters. The van der Waals surface area contributed by atoms with Gasteiger partial charge in [-0.05, 0) is 48.9 Å². The van der Waals surface area contributed by atoms with E-state index in [1.54, 1.807) is 6.07 Å². The number of rotatable bonds is 10. The summed E-state index contributed by atoms with van der Waals surface area (Å²) in [7, 11) is 0. The summed E-state index contributed by atoms with van der Waals surface area (Å²) >= 11 is 0. The van der Waals surface area contributed by atoms with E-state index in [2.05, 4.69) is 0 Å². The van der Waals surface area contributed by atoms with Crippen molar-refractivity contribution in [2.75, 3.05) is 19.8 Å². The Hall–Kier alpha value is -1.80. The molecule has 29 heavy (non-hydrogen) atoms. The van der Waals surface area contributed by atoms with Gasteiger partial charge in [-0.2, -0.15) is 13.2 Å². The zero-order chi connectivity index (χ0) is 20.6. The molecule has 0 atom stereocenters. The van der Waals surface area contributed by atoms with Gasteiger partial charge in [-0.3, -0.25) is 0 Å². The van der Waals surface area contributed by atoms with Gasteiger partial charge in [0.15, 0.2) is 0 Å². The average molecular weight is 434 g/mol. The second-order valence-electron chi connectivity index (χ2n) is 6.94. The molecule has 2 aromatic carbocycles. The quantitative estimate of drug-likeness (QED) is 0.499. The lowest BCUT2D eigenvalue weighted by Crippen LogP contribution is -2.47. The van der Waals surface area contributed by atoms with E-state index in [4.69, 9.17) is 10.5 Å². The summed E-state index contributed by atoms with van der Waals surface area (Å²) < 4.78 is 45.7. The Morgan fingerprint density at radius 3 is 2.14 bits per heavy atom. The van der Waals surface area contributed by atoms with Crippen molar-refractivity contribution in [1.29, 1.82) is 0 Å². The van der Waals surface area contributed by atoms with Crippen molar-refractivity contribution in [3.63, 3.8) is 0 Å². The molecule has 0 saturated carbocycles. The van der Waals surface area contributed by atoms with Crippen LogP contribution in [0.1, 0.15) is 29.5 Å². The molecule has 0 aliphatic heterocycles. The largest absolute Gasteiger partial charge is 0.493 e. The minimum atomic E-state index is -4.54. The van der Waals surface area contributed by atoms with E-state index in [9.17, 15) is 23.4 Å². The molecule has 0 bridgehead atoms. The third kappa shape index (κ3) is 7.85. The van der Waals surface area contributed by atoms with Gasteiger partial charge in [0.1, 0.15) is 5.75 Å². The normalized spacial score (nSPS) is 11.8. The van der Waals surface area contributed by atoms with E-state index >= 15 is 0 Å². The van der Waals surface area contributed by atoms with Crippen molar-refractivity contribution in [3.8, 4) is 5.75 Å². The maximum Gasteiger partial charge on any atom is 0.419 e. The van der Waals surface area contributed by atoms with Crippen LogP contribution in [0.4, 0.5) is 13.2 Å². The Morgan fingerprint density at radius 1 is 0.897 bits per heavy atom. The number of aliphatic hydroxyl groups is 2. The van der Waals surface area contributed by atoms with Gasteiger partial charge in [-0.25, -0.2) is 0 Å².